The normalized spacial score (nSPS) is 22.9. The average molecular weight is 506 g/mol. The molecule has 2 aliphatic rings. The van der Waals surface area contributed by atoms with Crippen molar-refractivity contribution in [2.75, 3.05) is 12.3 Å². The molecular weight excluding hydrogens is 474 g/mol. The first-order valence-electron chi connectivity index (χ1n) is 12.9. The molecule has 2 aromatic carbocycles. The number of hydrogen-bond acceptors (Lipinski definition) is 5. The molecule has 1 amide bonds. The lowest BCUT2D eigenvalue weighted by Crippen LogP contribution is -2.35. The Bertz CT molecular complexity index is 1610. The summed E-state index contributed by atoms with van der Waals surface area (Å²) in [5.41, 5.74) is 9.25. The Kier molecular flexibility index (Phi) is 5.37. The van der Waals surface area contributed by atoms with E-state index in [4.69, 9.17) is 10.7 Å². The minimum Gasteiger partial charge on any atom is -0.382 e. The molecule has 7 nitrogen and oxygen atoms in total. The zero-order valence-corrected chi connectivity index (χ0v) is 22.0. The number of nitrogen functional groups attached to an aromatic ring is 1. The van der Waals surface area contributed by atoms with E-state index in [-0.39, 0.29) is 17.4 Å². The maximum Gasteiger partial charge on any atom is 0.299 e. The van der Waals surface area contributed by atoms with E-state index in [2.05, 4.69) is 30.7 Å². The van der Waals surface area contributed by atoms with Crippen LogP contribution in [0.15, 0.2) is 67.0 Å². The lowest BCUT2D eigenvalue weighted by atomic mass is 9.87. The summed E-state index contributed by atoms with van der Waals surface area (Å²) in [6, 6.07) is 17.1. The molecule has 2 aromatic heterocycles. The highest BCUT2D eigenvalue weighted by atomic mass is 16.3. The number of nitrogens with two attached hydrogens (primary N) is 1. The van der Waals surface area contributed by atoms with Crippen LogP contribution in [-0.2, 0) is 10.4 Å². The number of nitrogens with zero attached hydrogens (tertiary/aromatic N) is 4. The molecule has 0 radical (unpaired) electrons. The van der Waals surface area contributed by atoms with Crippen LogP contribution in [0, 0.1) is 29.1 Å². The minimum absolute atomic E-state index is 0.121. The van der Waals surface area contributed by atoms with Gasteiger partial charge in [0, 0.05) is 24.5 Å². The zero-order valence-electron chi connectivity index (χ0n) is 22.0. The molecule has 1 unspecified atom stereocenters. The molecule has 3 N–H and O–H groups in total. The molecule has 3 heterocycles. The number of rotatable bonds is 4. The molecule has 4 atom stereocenters. The van der Waals surface area contributed by atoms with E-state index in [9.17, 15) is 9.90 Å². The third kappa shape index (κ3) is 3.52. The van der Waals surface area contributed by atoms with Crippen LogP contribution in [0.2, 0.25) is 0 Å². The minimum atomic E-state index is -1.14. The van der Waals surface area contributed by atoms with Gasteiger partial charge in [-0.3, -0.25) is 9.20 Å². The third-order valence-electron chi connectivity index (χ3n) is 8.63. The third-order valence-corrected chi connectivity index (χ3v) is 8.63. The molecular formula is C31H31N5O2. The van der Waals surface area contributed by atoms with Crippen LogP contribution in [0.1, 0.15) is 50.7 Å². The molecule has 0 spiro atoms. The van der Waals surface area contributed by atoms with E-state index in [1.165, 1.54) is 0 Å². The largest absolute Gasteiger partial charge is 0.382 e. The number of aromatic nitrogens is 3. The number of piperidine rings is 1. The summed E-state index contributed by atoms with van der Waals surface area (Å²) in [6.45, 7) is 8.66. The van der Waals surface area contributed by atoms with Crippen molar-refractivity contribution < 1.29 is 9.90 Å². The van der Waals surface area contributed by atoms with Gasteiger partial charge in [0.2, 0.25) is 0 Å². The first-order valence-corrected chi connectivity index (χ1v) is 12.9. The van der Waals surface area contributed by atoms with Crippen molar-refractivity contribution in [2.45, 2.75) is 39.3 Å². The van der Waals surface area contributed by atoms with E-state index in [1.54, 1.807) is 20.0 Å². The van der Waals surface area contributed by atoms with Crippen molar-refractivity contribution in [1.29, 1.82) is 0 Å². The van der Waals surface area contributed by atoms with Gasteiger partial charge in [-0.1, -0.05) is 74.4 Å². The van der Waals surface area contributed by atoms with Crippen molar-refractivity contribution in [3.8, 4) is 23.1 Å². The van der Waals surface area contributed by atoms with Crippen LogP contribution >= 0.6 is 0 Å². The van der Waals surface area contributed by atoms with Crippen LogP contribution in [0.3, 0.4) is 0 Å². The topological polar surface area (TPSA) is 96.8 Å². The predicted octanol–water partition coefficient (Wildman–Crippen LogP) is 4.41. The lowest BCUT2D eigenvalue weighted by Gasteiger charge is -2.28. The van der Waals surface area contributed by atoms with Gasteiger partial charge in [-0.2, -0.15) is 0 Å². The van der Waals surface area contributed by atoms with Gasteiger partial charge in [-0.15, -0.1) is 0 Å². The van der Waals surface area contributed by atoms with E-state index in [0.717, 1.165) is 22.5 Å². The van der Waals surface area contributed by atoms with Crippen molar-refractivity contribution in [3.63, 3.8) is 0 Å². The molecule has 0 bridgehead atoms. The molecule has 1 saturated carbocycles. The Hall–Kier alpha value is -4.15. The smallest absolute Gasteiger partial charge is 0.299 e. The summed E-state index contributed by atoms with van der Waals surface area (Å²) in [7, 11) is 0. The van der Waals surface area contributed by atoms with Crippen molar-refractivity contribution in [3.05, 3.63) is 83.9 Å². The van der Waals surface area contributed by atoms with E-state index >= 15 is 0 Å². The number of fused-ring (bicyclic) bond motifs is 2. The first kappa shape index (κ1) is 24.2. The molecule has 1 aliphatic carbocycles. The standard InChI is InChI=1S/C31H31N5O2/c1-5-9-23(37)36-18-22-24(30(22,2)3)26(36)29-34-25(27-28(32)33-16-17-35(27)29)19-12-14-21(15-13-19)31(4,38)20-10-7-6-8-11-20/h6-8,10-17,22,24,26,38H,18H2,1-4H3,(H2,32,33)/t22-,24-,26-,31?/m0/s1. The Morgan fingerprint density at radius 2 is 1.82 bits per heavy atom. The molecule has 4 aromatic rings. The highest BCUT2D eigenvalue weighted by Gasteiger charge is 2.68. The maximum atomic E-state index is 13.0. The van der Waals surface area contributed by atoms with Crippen LogP contribution in [0.25, 0.3) is 16.8 Å². The molecule has 1 saturated heterocycles. The van der Waals surface area contributed by atoms with Crippen LogP contribution < -0.4 is 5.73 Å². The number of carbonyl (C=O) groups excluding carboxylic acids is 1. The van der Waals surface area contributed by atoms with Crippen molar-refractivity contribution >= 4 is 17.2 Å². The van der Waals surface area contributed by atoms with Gasteiger partial charge >= 0.3 is 0 Å². The number of aliphatic hydroxyl groups is 1. The van der Waals surface area contributed by atoms with E-state index in [0.29, 0.717) is 35.4 Å². The number of imidazole rings is 1. The second-order valence-electron chi connectivity index (χ2n) is 11.1. The quantitative estimate of drug-likeness (QED) is 0.401. The monoisotopic (exact) mass is 505 g/mol. The summed E-state index contributed by atoms with van der Waals surface area (Å²) in [5, 5.41) is 11.3. The van der Waals surface area contributed by atoms with E-state index < -0.39 is 5.60 Å². The summed E-state index contributed by atoms with van der Waals surface area (Å²) in [6.07, 6.45) is 3.53. The molecule has 38 heavy (non-hydrogen) atoms. The van der Waals surface area contributed by atoms with Crippen molar-refractivity contribution in [1.82, 2.24) is 19.3 Å². The molecule has 1 aliphatic heterocycles. The second kappa shape index (κ2) is 8.44. The highest BCUT2D eigenvalue weighted by molar-refractivity contribution is 5.94. The maximum absolute atomic E-state index is 13.0. The van der Waals surface area contributed by atoms with Crippen LogP contribution in [-0.4, -0.2) is 36.8 Å². The van der Waals surface area contributed by atoms with E-state index in [1.807, 2.05) is 70.1 Å². The second-order valence-corrected chi connectivity index (χ2v) is 11.1. The summed E-state index contributed by atoms with van der Waals surface area (Å²) in [5.74, 6) is 7.15. The number of benzene rings is 2. The van der Waals surface area contributed by atoms with Gasteiger partial charge < -0.3 is 15.7 Å². The average Bonchev–Trinajstić information content (AvgIpc) is 3.25. The summed E-state index contributed by atoms with van der Waals surface area (Å²) in [4.78, 5) is 24.3. The van der Waals surface area contributed by atoms with Gasteiger partial charge in [0.1, 0.15) is 28.5 Å². The SMILES string of the molecule is CC#CC(=O)N1C[C@H]2[C@@H]([C@H]1c1nc(-c3ccc(C(C)(O)c4ccccc4)cc3)c3c(N)nccn13)C2(C)C. The fourth-order valence-corrected chi connectivity index (χ4v) is 6.35. The Balaban J connectivity index is 1.45. The Morgan fingerprint density at radius 3 is 2.50 bits per heavy atom. The number of anilines is 1. The number of amides is 1. The number of likely N-dealkylation sites (tertiary alicyclic amines) is 1. The zero-order chi connectivity index (χ0) is 26.8. The Labute approximate surface area is 222 Å². The molecule has 192 valence electrons. The number of hydrogen-bond donors (Lipinski definition) is 2. The number of carbonyl (C=O) groups is 1. The fraction of sp³-hybridized carbons (Fsp3) is 0.323. The predicted molar refractivity (Wildman–Crippen MR) is 147 cm³/mol. The molecule has 2 fully saturated rings. The van der Waals surface area contributed by atoms with Gasteiger partial charge in [-0.25, -0.2) is 9.97 Å². The van der Waals surface area contributed by atoms with Crippen molar-refractivity contribution in [2.24, 2.45) is 17.3 Å². The van der Waals surface area contributed by atoms with Crippen LogP contribution in [0.5, 0.6) is 0 Å². The molecule has 6 rings (SSSR count). The summed E-state index contributed by atoms with van der Waals surface area (Å²) < 4.78 is 1.98. The molecule has 7 heteroatoms. The van der Waals surface area contributed by atoms with Crippen LogP contribution in [0.4, 0.5) is 5.82 Å². The van der Waals surface area contributed by atoms with Gasteiger partial charge in [0.05, 0.1) is 6.04 Å². The lowest BCUT2D eigenvalue weighted by molar-refractivity contribution is -0.127. The van der Waals surface area contributed by atoms with Gasteiger partial charge in [-0.05, 0) is 48.1 Å². The van der Waals surface area contributed by atoms with Gasteiger partial charge in [0.15, 0.2) is 0 Å². The van der Waals surface area contributed by atoms with Gasteiger partial charge in [0.25, 0.3) is 5.91 Å². The highest BCUT2D eigenvalue weighted by Crippen LogP contribution is 2.69. The Morgan fingerprint density at radius 1 is 1.13 bits per heavy atom. The first-order chi connectivity index (χ1) is 18.2. The fourth-order valence-electron chi connectivity index (χ4n) is 6.35. The summed E-state index contributed by atoms with van der Waals surface area (Å²) >= 11 is 0.